The molecule has 1 aromatic carbocycles. The van der Waals surface area contributed by atoms with Crippen LogP contribution in [0.4, 0.5) is 0 Å². The SMILES string of the molecule is CN(C)SN1CCC(c2nnnn2Cc2ccccc2)(N2CCCN(C3CCC3)CC2)CC1. The number of tetrazole rings is 1. The predicted molar refractivity (Wildman–Crippen MR) is 133 cm³/mol. The summed E-state index contributed by atoms with van der Waals surface area (Å²) in [5.74, 6) is 1.05. The summed E-state index contributed by atoms with van der Waals surface area (Å²) in [6.45, 7) is 7.45. The van der Waals surface area contributed by atoms with Crippen molar-refractivity contribution in [3.63, 3.8) is 0 Å². The van der Waals surface area contributed by atoms with Crippen LogP contribution in [-0.4, -0.2) is 98.0 Å². The first-order chi connectivity index (χ1) is 16.1. The van der Waals surface area contributed by atoms with Gasteiger partial charge in [0.15, 0.2) is 5.82 Å². The number of rotatable bonds is 7. The normalized spacial score (nSPS) is 23.5. The van der Waals surface area contributed by atoms with Crippen LogP contribution in [0, 0.1) is 0 Å². The molecule has 0 amide bonds. The van der Waals surface area contributed by atoms with E-state index in [2.05, 4.69) is 77.9 Å². The highest BCUT2D eigenvalue weighted by molar-refractivity contribution is 7.94. The molecular weight excluding hydrogens is 432 g/mol. The van der Waals surface area contributed by atoms with Gasteiger partial charge in [-0.15, -0.1) is 5.10 Å². The van der Waals surface area contributed by atoms with Gasteiger partial charge >= 0.3 is 0 Å². The highest BCUT2D eigenvalue weighted by atomic mass is 32.2. The van der Waals surface area contributed by atoms with Gasteiger partial charge in [-0.05, 0) is 68.7 Å². The van der Waals surface area contributed by atoms with Gasteiger partial charge < -0.3 is 0 Å². The van der Waals surface area contributed by atoms with E-state index >= 15 is 0 Å². The van der Waals surface area contributed by atoms with E-state index < -0.39 is 0 Å². The van der Waals surface area contributed by atoms with Crippen molar-refractivity contribution in [2.45, 2.75) is 56.7 Å². The van der Waals surface area contributed by atoms with Crippen molar-refractivity contribution in [2.24, 2.45) is 0 Å². The third kappa shape index (κ3) is 5.12. The maximum atomic E-state index is 4.69. The van der Waals surface area contributed by atoms with Gasteiger partial charge in [-0.2, -0.15) is 0 Å². The quantitative estimate of drug-likeness (QED) is 0.573. The summed E-state index contributed by atoms with van der Waals surface area (Å²) >= 11 is 1.83. The van der Waals surface area contributed by atoms with Crippen molar-refractivity contribution in [1.29, 1.82) is 0 Å². The van der Waals surface area contributed by atoms with Crippen LogP contribution in [0.3, 0.4) is 0 Å². The van der Waals surface area contributed by atoms with E-state index in [4.69, 9.17) is 5.10 Å². The standard InChI is InChI=1S/C24H38N8S/c1-28(2)33-31-16-12-24(13-17-31,30-15-7-14-29(18-19-30)22-10-6-11-22)23-25-26-27-32(23)20-21-8-4-3-5-9-21/h3-5,8-9,22H,6-7,10-20H2,1-2H3. The van der Waals surface area contributed by atoms with Crippen molar-refractivity contribution in [3.8, 4) is 0 Å². The summed E-state index contributed by atoms with van der Waals surface area (Å²) in [5, 5.41) is 13.4. The second-order valence-electron chi connectivity index (χ2n) is 9.96. The Morgan fingerprint density at radius 3 is 2.45 bits per heavy atom. The van der Waals surface area contributed by atoms with Crippen molar-refractivity contribution < 1.29 is 0 Å². The summed E-state index contributed by atoms with van der Waals surface area (Å²) in [5.41, 5.74) is 1.14. The molecule has 2 saturated heterocycles. The number of piperidine rings is 1. The molecule has 9 heteroatoms. The minimum atomic E-state index is -0.0999. The minimum Gasteiger partial charge on any atom is -0.299 e. The van der Waals surface area contributed by atoms with Crippen molar-refractivity contribution in [3.05, 3.63) is 41.7 Å². The third-order valence-electron chi connectivity index (χ3n) is 7.68. The molecule has 0 atom stereocenters. The van der Waals surface area contributed by atoms with Crippen molar-refractivity contribution >= 4 is 12.1 Å². The van der Waals surface area contributed by atoms with Crippen LogP contribution in [0.5, 0.6) is 0 Å². The first-order valence-electron chi connectivity index (χ1n) is 12.5. The van der Waals surface area contributed by atoms with Crippen LogP contribution < -0.4 is 0 Å². The largest absolute Gasteiger partial charge is 0.299 e. The summed E-state index contributed by atoms with van der Waals surface area (Å²) < 4.78 is 6.75. The van der Waals surface area contributed by atoms with E-state index in [0.717, 1.165) is 57.4 Å². The molecule has 1 saturated carbocycles. The zero-order chi connectivity index (χ0) is 22.7. The van der Waals surface area contributed by atoms with Crippen LogP contribution in [-0.2, 0) is 12.1 Å². The third-order valence-corrected chi connectivity index (χ3v) is 8.60. The van der Waals surface area contributed by atoms with Gasteiger partial charge in [-0.3, -0.25) is 9.80 Å². The van der Waals surface area contributed by atoms with E-state index in [1.54, 1.807) is 0 Å². The maximum Gasteiger partial charge on any atom is 0.172 e. The van der Waals surface area contributed by atoms with E-state index in [1.165, 1.54) is 44.3 Å². The Bertz CT molecular complexity index is 876. The average molecular weight is 471 g/mol. The molecule has 3 heterocycles. The van der Waals surface area contributed by atoms with Crippen LogP contribution in [0.2, 0.25) is 0 Å². The fourth-order valence-electron chi connectivity index (χ4n) is 5.73. The Kier molecular flexibility index (Phi) is 7.32. The van der Waals surface area contributed by atoms with Crippen LogP contribution in [0.25, 0.3) is 0 Å². The molecule has 0 spiro atoms. The van der Waals surface area contributed by atoms with Gasteiger partial charge in [0.25, 0.3) is 0 Å². The second kappa shape index (κ2) is 10.4. The fraction of sp³-hybridized carbons (Fsp3) is 0.708. The minimum absolute atomic E-state index is 0.0999. The molecule has 0 radical (unpaired) electrons. The maximum absolute atomic E-state index is 4.69. The van der Waals surface area contributed by atoms with Crippen LogP contribution in [0.15, 0.2) is 30.3 Å². The number of hydrogen-bond acceptors (Lipinski definition) is 8. The topological polar surface area (TPSA) is 56.6 Å². The van der Waals surface area contributed by atoms with Crippen molar-refractivity contribution in [2.75, 3.05) is 53.4 Å². The Balaban J connectivity index is 1.40. The molecule has 0 bridgehead atoms. The molecule has 1 aliphatic carbocycles. The lowest BCUT2D eigenvalue weighted by Crippen LogP contribution is -2.55. The number of nitrogens with zero attached hydrogens (tertiary/aromatic N) is 8. The molecule has 2 aromatic rings. The van der Waals surface area contributed by atoms with E-state index in [0.29, 0.717) is 0 Å². The first kappa shape index (κ1) is 23.2. The van der Waals surface area contributed by atoms with Gasteiger partial charge in [0, 0.05) is 50.9 Å². The summed E-state index contributed by atoms with van der Waals surface area (Å²) in [7, 11) is 4.24. The molecule has 5 rings (SSSR count). The number of aromatic nitrogens is 4. The molecule has 33 heavy (non-hydrogen) atoms. The zero-order valence-corrected chi connectivity index (χ0v) is 21.0. The second-order valence-corrected chi connectivity index (χ2v) is 11.4. The van der Waals surface area contributed by atoms with Crippen molar-refractivity contribution in [1.82, 2.24) is 38.6 Å². The highest BCUT2D eigenvalue weighted by Gasteiger charge is 2.46. The molecule has 1 aromatic heterocycles. The van der Waals surface area contributed by atoms with E-state index in [1.807, 2.05) is 12.1 Å². The summed E-state index contributed by atoms with van der Waals surface area (Å²) in [4.78, 5) is 5.50. The lowest BCUT2D eigenvalue weighted by molar-refractivity contribution is 0.0267. The lowest BCUT2D eigenvalue weighted by Gasteiger charge is -2.47. The van der Waals surface area contributed by atoms with Gasteiger partial charge in [0.1, 0.15) is 0 Å². The number of benzene rings is 1. The highest BCUT2D eigenvalue weighted by Crippen LogP contribution is 2.40. The van der Waals surface area contributed by atoms with Gasteiger partial charge in [-0.25, -0.2) is 13.3 Å². The van der Waals surface area contributed by atoms with E-state index in [9.17, 15) is 0 Å². The summed E-state index contributed by atoms with van der Waals surface area (Å²) in [6.07, 6.45) is 7.53. The molecule has 3 aliphatic rings. The molecular formula is C24H38N8S. The lowest BCUT2D eigenvalue weighted by atomic mass is 9.85. The molecule has 180 valence electrons. The first-order valence-corrected chi connectivity index (χ1v) is 13.3. The average Bonchev–Trinajstić information content (AvgIpc) is 3.11. The van der Waals surface area contributed by atoms with Gasteiger partial charge in [0.05, 0.1) is 12.1 Å². The fourth-order valence-corrected chi connectivity index (χ4v) is 6.54. The van der Waals surface area contributed by atoms with Gasteiger partial charge in [-0.1, -0.05) is 36.8 Å². The van der Waals surface area contributed by atoms with E-state index in [-0.39, 0.29) is 5.54 Å². The molecule has 8 nitrogen and oxygen atoms in total. The van der Waals surface area contributed by atoms with Gasteiger partial charge in [0.2, 0.25) is 0 Å². The van der Waals surface area contributed by atoms with Crippen LogP contribution >= 0.6 is 12.1 Å². The molecule has 0 unspecified atom stereocenters. The Labute approximate surface area is 202 Å². The smallest absolute Gasteiger partial charge is 0.172 e. The zero-order valence-electron chi connectivity index (χ0n) is 20.1. The molecule has 3 fully saturated rings. The Morgan fingerprint density at radius 1 is 0.970 bits per heavy atom. The predicted octanol–water partition coefficient (Wildman–Crippen LogP) is 2.70. The molecule has 0 N–H and O–H groups in total. The Hall–Kier alpha value is -1.52. The van der Waals surface area contributed by atoms with Crippen LogP contribution in [0.1, 0.15) is 49.9 Å². The Morgan fingerprint density at radius 2 is 1.76 bits per heavy atom. The molecule has 2 aliphatic heterocycles. The monoisotopic (exact) mass is 470 g/mol. The number of hydrogen-bond donors (Lipinski definition) is 0. The summed E-state index contributed by atoms with van der Waals surface area (Å²) in [6, 6.07) is 11.4.